The number of rotatable bonds is 9. The highest BCUT2D eigenvalue weighted by molar-refractivity contribution is 7.86. The van der Waals surface area contributed by atoms with Crippen LogP contribution in [0.4, 0.5) is 15.8 Å². The predicted molar refractivity (Wildman–Crippen MR) is 131 cm³/mol. The van der Waals surface area contributed by atoms with Gasteiger partial charge in [-0.1, -0.05) is 37.5 Å². The number of para-hydroxylation sites is 1. The minimum Gasteiger partial charge on any atom is -0.352 e. The van der Waals surface area contributed by atoms with Crippen LogP contribution in [0.5, 0.6) is 0 Å². The van der Waals surface area contributed by atoms with E-state index in [4.69, 9.17) is 0 Å². The third-order valence-corrected chi connectivity index (χ3v) is 6.84. The number of anilines is 2. The third kappa shape index (κ3) is 7.76. The highest BCUT2D eigenvalue weighted by Gasteiger charge is 2.25. The maximum Gasteiger partial charge on any atom is 0.240 e. The van der Waals surface area contributed by atoms with Crippen LogP contribution < -0.4 is 15.5 Å². The number of halogens is 1. The highest BCUT2D eigenvalue weighted by atomic mass is 32.2. The van der Waals surface area contributed by atoms with Crippen molar-refractivity contribution in [3.8, 4) is 0 Å². The molecule has 3 rings (SSSR count). The van der Waals surface area contributed by atoms with Gasteiger partial charge in [-0.25, -0.2) is 4.39 Å². The van der Waals surface area contributed by atoms with Crippen LogP contribution in [0.1, 0.15) is 37.7 Å². The van der Waals surface area contributed by atoms with Gasteiger partial charge in [-0.3, -0.25) is 18.6 Å². The van der Waals surface area contributed by atoms with Crippen LogP contribution in [-0.4, -0.2) is 46.0 Å². The molecule has 0 bridgehead atoms. The zero-order valence-electron chi connectivity index (χ0n) is 19.2. The molecule has 3 amide bonds. The molecule has 0 aromatic heterocycles. The van der Waals surface area contributed by atoms with Crippen LogP contribution >= 0.6 is 0 Å². The Bertz CT molecular complexity index is 1040. The summed E-state index contributed by atoms with van der Waals surface area (Å²) in [5.41, 5.74) is 1.75. The van der Waals surface area contributed by atoms with E-state index in [1.165, 1.54) is 35.6 Å². The third-order valence-electron chi connectivity index (χ3n) is 5.68. The van der Waals surface area contributed by atoms with Crippen molar-refractivity contribution in [3.63, 3.8) is 0 Å². The molecule has 0 spiro atoms. The molecule has 2 aromatic carbocycles. The predicted octanol–water partition coefficient (Wildman–Crippen LogP) is 3.30. The van der Waals surface area contributed by atoms with Gasteiger partial charge >= 0.3 is 0 Å². The Kier molecular flexibility index (Phi) is 9.33. The quantitative estimate of drug-likeness (QED) is 0.567. The summed E-state index contributed by atoms with van der Waals surface area (Å²) >= 11 is 0. The number of carbonyl (C=O) groups is 3. The van der Waals surface area contributed by atoms with Crippen LogP contribution in [-0.2, 0) is 25.2 Å². The molecule has 0 heterocycles. The van der Waals surface area contributed by atoms with E-state index in [0.29, 0.717) is 11.4 Å². The SMILES string of the molecule is Cc1ccccc1N(CC(=O)NC1CCCCC1)C(=O)C[S@@](=O)CC(=O)Nc1ccc(F)cc1. The molecule has 7 nitrogen and oxygen atoms in total. The molecular weight excluding hydrogens is 457 g/mol. The molecule has 0 aliphatic heterocycles. The normalized spacial score (nSPS) is 14.8. The lowest BCUT2D eigenvalue weighted by atomic mass is 9.95. The van der Waals surface area contributed by atoms with E-state index in [2.05, 4.69) is 10.6 Å². The molecule has 0 unspecified atom stereocenters. The maximum atomic E-state index is 13.1. The Balaban J connectivity index is 1.62. The number of carbonyl (C=O) groups excluding carboxylic acids is 3. The van der Waals surface area contributed by atoms with Gasteiger partial charge in [-0.05, 0) is 55.7 Å². The minimum atomic E-state index is -1.79. The summed E-state index contributed by atoms with van der Waals surface area (Å²) in [5, 5.41) is 5.54. The largest absolute Gasteiger partial charge is 0.352 e. The van der Waals surface area contributed by atoms with E-state index in [1.807, 2.05) is 19.1 Å². The number of aryl methyl sites for hydroxylation is 1. The molecule has 1 fully saturated rings. The second-order valence-electron chi connectivity index (χ2n) is 8.45. The van der Waals surface area contributed by atoms with E-state index < -0.39 is 34.2 Å². The molecule has 1 aliphatic carbocycles. The number of hydrogen-bond acceptors (Lipinski definition) is 4. The zero-order valence-corrected chi connectivity index (χ0v) is 20.0. The highest BCUT2D eigenvalue weighted by Crippen LogP contribution is 2.21. The van der Waals surface area contributed by atoms with E-state index >= 15 is 0 Å². The molecule has 1 saturated carbocycles. The van der Waals surface area contributed by atoms with Crippen molar-refractivity contribution in [2.45, 2.75) is 45.1 Å². The number of nitrogens with zero attached hydrogens (tertiary/aromatic N) is 1. The van der Waals surface area contributed by atoms with Crippen LogP contribution in [0, 0.1) is 12.7 Å². The van der Waals surface area contributed by atoms with E-state index in [9.17, 15) is 23.0 Å². The fourth-order valence-corrected chi connectivity index (χ4v) is 4.88. The van der Waals surface area contributed by atoms with Crippen molar-refractivity contribution in [1.82, 2.24) is 5.32 Å². The second kappa shape index (κ2) is 12.4. The van der Waals surface area contributed by atoms with Gasteiger partial charge in [0.1, 0.15) is 23.9 Å². The molecule has 2 N–H and O–H groups in total. The van der Waals surface area contributed by atoms with Crippen molar-refractivity contribution in [2.24, 2.45) is 0 Å². The van der Waals surface area contributed by atoms with Crippen molar-refractivity contribution in [1.29, 1.82) is 0 Å². The Morgan fingerprint density at radius 2 is 1.65 bits per heavy atom. The monoisotopic (exact) mass is 487 g/mol. The van der Waals surface area contributed by atoms with Gasteiger partial charge in [0.25, 0.3) is 0 Å². The molecule has 34 heavy (non-hydrogen) atoms. The van der Waals surface area contributed by atoms with Crippen LogP contribution in [0.3, 0.4) is 0 Å². The molecule has 0 radical (unpaired) electrons. The molecular formula is C25H30FN3O4S. The first-order valence-corrected chi connectivity index (χ1v) is 12.9. The zero-order chi connectivity index (χ0) is 24.5. The molecule has 182 valence electrons. The fourth-order valence-electron chi connectivity index (χ4n) is 3.98. The summed E-state index contributed by atoms with van der Waals surface area (Å²) < 4.78 is 25.6. The fraction of sp³-hybridized carbons (Fsp3) is 0.400. The summed E-state index contributed by atoms with van der Waals surface area (Å²) in [6.07, 6.45) is 5.17. The van der Waals surface area contributed by atoms with Crippen molar-refractivity contribution in [2.75, 3.05) is 28.3 Å². The molecule has 9 heteroatoms. The first kappa shape index (κ1) is 25.6. The van der Waals surface area contributed by atoms with Crippen molar-refractivity contribution >= 4 is 39.9 Å². The first-order valence-electron chi connectivity index (χ1n) is 11.4. The summed E-state index contributed by atoms with van der Waals surface area (Å²) in [6, 6.07) is 12.5. The number of hydrogen-bond donors (Lipinski definition) is 2. The topological polar surface area (TPSA) is 95.6 Å². The van der Waals surface area contributed by atoms with Gasteiger partial charge in [-0.2, -0.15) is 0 Å². The van der Waals surface area contributed by atoms with E-state index in [1.54, 1.807) is 12.1 Å². The van der Waals surface area contributed by atoms with Crippen LogP contribution in [0.2, 0.25) is 0 Å². The van der Waals surface area contributed by atoms with Crippen molar-refractivity contribution < 1.29 is 23.0 Å². The molecule has 0 saturated heterocycles. The average molecular weight is 488 g/mol. The summed E-state index contributed by atoms with van der Waals surface area (Å²) in [7, 11) is -1.79. The summed E-state index contributed by atoms with van der Waals surface area (Å²) in [5.74, 6) is -2.53. The standard InChI is InChI=1S/C25H30FN3O4S/c1-18-7-5-6-10-22(18)29(15-23(30)27-20-8-3-2-4-9-20)25(32)17-34(33)16-24(31)28-21-13-11-19(26)12-14-21/h5-7,10-14,20H,2-4,8-9,15-17H2,1H3,(H,27,30)(H,28,31)/t34-/m0/s1. The summed E-state index contributed by atoms with van der Waals surface area (Å²) in [4.78, 5) is 39.4. The second-order valence-corrected chi connectivity index (χ2v) is 9.91. The van der Waals surface area contributed by atoms with Crippen LogP contribution in [0.15, 0.2) is 48.5 Å². The van der Waals surface area contributed by atoms with Gasteiger partial charge < -0.3 is 15.5 Å². The Hall–Kier alpha value is -3.07. The lowest BCUT2D eigenvalue weighted by Crippen LogP contribution is -2.46. The number of amides is 3. The van der Waals surface area contributed by atoms with Gasteiger partial charge in [0.2, 0.25) is 17.7 Å². The number of nitrogens with one attached hydrogen (secondary N) is 2. The molecule has 1 aliphatic rings. The summed E-state index contributed by atoms with van der Waals surface area (Å²) in [6.45, 7) is 1.65. The Morgan fingerprint density at radius 3 is 2.32 bits per heavy atom. The van der Waals surface area contributed by atoms with Gasteiger partial charge in [0.15, 0.2) is 0 Å². The molecule has 1 atom stereocenters. The Labute approximate surface area is 201 Å². The first-order chi connectivity index (χ1) is 16.3. The van der Waals surface area contributed by atoms with Crippen LogP contribution in [0.25, 0.3) is 0 Å². The lowest BCUT2D eigenvalue weighted by molar-refractivity contribution is -0.123. The lowest BCUT2D eigenvalue weighted by Gasteiger charge is -2.27. The minimum absolute atomic E-state index is 0.111. The van der Waals surface area contributed by atoms with Gasteiger partial charge in [0.05, 0.1) is 0 Å². The average Bonchev–Trinajstić information content (AvgIpc) is 2.80. The van der Waals surface area contributed by atoms with Crippen molar-refractivity contribution in [3.05, 3.63) is 59.9 Å². The smallest absolute Gasteiger partial charge is 0.240 e. The number of benzene rings is 2. The van der Waals surface area contributed by atoms with E-state index in [0.717, 1.165) is 31.2 Å². The van der Waals surface area contributed by atoms with Gasteiger partial charge in [0, 0.05) is 28.2 Å². The maximum absolute atomic E-state index is 13.1. The Morgan fingerprint density at radius 1 is 0.971 bits per heavy atom. The van der Waals surface area contributed by atoms with Gasteiger partial charge in [-0.15, -0.1) is 0 Å². The van der Waals surface area contributed by atoms with E-state index in [-0.39, 0.29) is 24.2 Å². The molecule has 2 aromatic rings.